The summed E-state index contributed by atoms with van der Waals surface area (Å²) in [6.45, 7) is 3.28. The molecule has 0 unspecified atom stereocenters. The molecular weight excluding hydrogens is 498 g/mol. The topological polar surface area (TPSA) is 125 Å². The average molecular weight is 528 g/mol. The van der Waals surface area contributed by atoms with Gasteiger partial charge in [0.15, 0.2) is 5.69 Å². The molecule has 37 heavy (non-hydrogen) atoms. The third kappa shape index (κ3) is 5.65. The van der Waals surface area contributed by atoms with Gasteiger partial charge in [-0.25, -0.2) is 14.3 Å². The molecule has 1 aliphatic heterocycles. The van der Waals surface area contributed by atoms with Gasteiger partial charge in [-0.2, -0.15) is 0 Å². The van der Waals surface area contributed by atoms with E-state index in [2.05, 4.69) is 15.6 Å². The lowest BCUT2D eigenvalue weighted by molar-refractivity contribution is -0.125. The second-order valence-electron chi connectivity index (χ2n) is 8.65. The zero-order chi connectivity index (χ0) is 26.5. The van der Waals surface area contributed by atoms with Crippen LogP contribution in [0.3, 0.4) is 0 Å². The van der Waals surface area contributed by atoms with Gasteiger partial charge in [-0.1, -0.05) is 23.4 Å². The SMILES string of the molecule is COC(=O)c1nnn([C@H]2C[C@@H](C(=O)NCc3cccs3)N(Cc3ccc(OC)c(C)c3)C2)c1C(=O)OC. The summed E-state index contributed by atoms with van der Waals surface area (Å²) in [6, 6.07) is 8.89. The van der Waals surface area contributed by atoms with Crippen LogP contribution in [0.25, 0.3) is 0 Å². The number of nitrogens with zero attached hydrogens (tertiary/aromatic N) is 4. The number of ether oxygens (including phenoxy) is 3. The highest BCUT2D eigenvalue weighted by molar-refractivity contribution is 7.09. The molecule has 4 rings (SSSR count). The molecule has 0 radical (unpaired) electrons. The lowest BCUT2D eigenvalue weighted by Gasteiger charge is -2.24. The third-order valence-electron chi connectivity index (χ3n) is 6.34. The number of aromatic nitrogens is 3. The lowest BCUT2D eigenvalue weighted by Crippen LogP contribution is -2.42. The van der Waals surface area contributed by atoms with Crippen molar-refractivity contribution in [2.45, 2.75) is 38.5 Å². The summed E-state index contributed by atoms with van der Waals surface area (Å²) in [5.41, 5.74) is 1.68. The summed E-state index contributed by atoms with van der Waals surface area (Å²) in [5, 5.41) is 13.0. The molecule has 1 aromatic carbocycles. The first kappa shape index (κ1) is 26.3. The standard InChI is InChI=1S/C25H29N5O6S/c1-15-10-16(7-8-20(15)34-2)13-29-14-17(11-19(29)23(31)26-12-18-6-5-9-37-18)30-22(25(33)36-4)21(27-28-30)24(32)35-3/h5-10,17,19H,11-14H2,1-4H3,(H,26,31)/t17-,19-/m0/s1. The third-order valence-corrected chi connectivity index (χ3v) is 7.22. The van der Waals surface area contributed by atoms with Crippen molar-refractivity contribution >= 4 is 29.2 Å². The fraction of sp³-hybridized carbons (Fsp3) is 0.400. The first-order chi connectivity index (χ1) is 17.9. The number of likely N-dealkylation sites (tertiary alicyclic amines) is 1. The van der Waals surface area contributed by atoms with Crippen molar-refractivity contribution in [3.8, 4) is 5.75 Å². The number of nitrogens with one attached hydrogen (secondary N) is 1. The molecule has 0 bridgehead atoms. The number of hydrogen-bond acceptors (Lipinski definition) is 10. The summed E-state index contributed by atoms with van der Waals surface area (Å²) in [4.78, 5) is 41.2. The maximum Gasteiger partial charge on any atom is 0.361 e. The largest absolute Gasteiger partial charge is 0.496 e. The molecule has 1 amide bonds. The van der Waals surface area contributed by atoms with Crippen molar-refractivity contribution in [3.05, 3.63) is 63.1 Å². The van der Waals surface area contributed by atoms with Crippen molar-refractivity contribution in [2.75, 3.05) is 27.9 Å². The van der Waals surface area contributed by atoms with E-state index in [-0.39, 0.29) is 17.3 Å². The normalized spacial score (nSPS) is 17.4. The number of esters is 2. The molecule has 12 heteroatoms. The quantitative estimate of drug-likeness (QED) is 0.418. The van der Waals surface area contributed by atoms with Crippen molar-refractivity contribution in [1.82, 2.24) is 25.2 Å². The van der Waals surface area contributed by atoms with E-state index < -0.39 is 24.0 Å². The molecule has 1 N–H and O–H groups in total. The minimum Gasteiger partial charge on any atom is -0.496 e. The van der Waals surface area contributed by atoms with Gasteiger partial charge in [-0.15, -0.1) is 16.4 Å². The minimum atomic E-state index is -0.791. The van der Waals surface area contributed by atoms with Gasteiger partial charge in [0.25, 0.3) is 0 Å². The Bertz CT molecular complexity index is 1270. The Kier molecular flexibility index (Phi) is 8.19. The summed E-state index contributed by atoms with van der Waals surface area (Å²) < 4.78 is 16.4. The Hall–Kier alpha value is -3.77. The predicted octanol–water partition coefficient (Wildman–Crippen LogP) is 2.36. The highest BCUT2D eigenvalue weighted by Crippen LogP contribution is 2.31. The monoisotopic (exact) mass is 527 g/mol. The molecule has 0 saturated carbocycles. The van der Waals surface area contributed by atoms with E-state index in [4.69, 9.17) is 14.2 Å². The van der Waals surface area contributed by atoms with Crippen LogP contribution in [-0.2, 0) is 27.4 Å². The van der Waals surface area contributed by atoms with Gasteiger partial charge in [0.1, 0.15) is 5.75 Å². The van der Waals surface area contributed by atoms with Gasteiger partial charge in [0.2, 0.25) is 11.6 Å². The molecule has 11 nitrogen and oxygen atoms in total. The lowest BCUT2D eigenvalue weighted by atomic mass is 10.1. The molecule has 3 heterocycles. The first-order valence-electron chi connectivity index (χ1n) is 11.7. The molecule has 1 aliphatic rings. The number of carbonyl (C=O) groups excluding carboxylic acids is 3. The van der Waals surface area contributed by atoms with E-state index in [0.29, 0.717) is 26.1 Å². The number of hydrogen-bond donors (Lipinski definition) is 1. The van der Waals surface area contributed by atoms with E-state index in [1.54, 1.807) is 18.4 Å². The Morgan fingerprint density at radius 1 is 1.14 bits per heavy atom. The number of aryl methyl sites for hydroxylation is 1. The van der Waals surface area contributed by atoms with Crippen molar-refractivity contribution in [1.29, 1.82) is 0 Å². The molecule has 196 valence electrons. The van der Waals surface area contributed by atoms with E-state index in [9.17, 15) is 14.4 Å². The van der Waals surface area contributed by atoms with Crippen molar-refractivity contribution in [2.24, 2.45) is 0 Å². The minimum absolute atomic E-state index is 0.0979. The van der Waals surface area contributed by atoms with Crippen LogP contribution in [0.4, 0.5) is 0 Å². The highest BCUT2D eigenvalue weighted by Gasteiger charge is 2.41. The second kappa shape index (κ2) is 11.5. The van der Waals surface area contributed by atoms with Crippen LogP contribution in [-0.4, -0.2) is 71.7 Å². The number of methoxy groups -OCH3 is 3. The maximum absolute atomic E-state index is 13.3. The molecule has 2 aromatic heterocycles. The Morgan fingerprint density at radius 2 is 1.92 bits per heavy atom. The van der Waals surface area contributed by atoms with Crippen LogP contribution in [0, 0.1) is 6.92 Å². The number of benzene rings is 1. The van der Waals surface area contributed by atoms with Crippen LogP contribution in [0.5, 0.6) is 5.75 Å². The fourth-order valence-electron chi connectivity index (χ4n) is 4.55. The summed E-state index contributed by atoms with van der Waals surface area (Å²) >= 11 is 1.57. The van der Waals surface area contributed by atoms with Crippen molar-refractivity contribution in [3.63, 3.8) is 0 Å². The Morgan fingerprint density at radius 3 is 2.57 bits per heavy atom. The Balaban J connectivity index is 1.62. The van der Waals surface area contributed by atoms with Gasteiger partial charge in [-0.3, -0.25) is 9.69 Å². The molecule has 0 aliphatic carbocycles. The second-order valence-corrected chi connectivity index (χ2v) is 9.68. The highest BCUT2D eigenvalue weighted by atomic mass is 32.1. The van der Waals surface area contributed by atoms with E-state index in [0.717, 1.165) is 21.8 Å². The van der Waals surface area contributed by atoms with Crippen LogP contribution in [0.15, 0.2) is 35.7 Å². The molecule has 2 atom stereocenters. The number of amides is 1. The van der Waals surface area contributed by atoms with E-state index in [1.807, 2.05) is 47.5 Å². The summed E-state index contributed by atoms with van der Waals surface area (Å²) in [7, 11) is 4.04. The van der Waals surface area contributed by atoms with Gasteiger partial charge < -0.3 is 19.5 Å². The van der Waals surface area contributed by atoms with E-state index >= 15 is 0 Å². The smallest absolute Gasteiger partial charge is 0.361 e. The van der Waals surface area contributed by atoms with Crippen LogP contribution >= 0.6 is 11.3 Å². The zero-order valence-corrected chi connectivity index (χ0v) is 21.9. The van der Waals surface area contributed by atoms with Gasteiger partial charge >= 0.3 is 11.9 Å². The van der Waals surface area contributed by atoms with Crippen LogP contribution in [0.2, 0.25) is 0 Å². The van der Waals surface area contributed by atoms with Gasteiger partial charge in [0.05, 0.1) is 40.0 Å². The van der Waals surface area contributed by atoms with Gasteiger partial charge in [-0.05, 0) is 42.0 Å². The molecule has 0 spiro atoms. The summed E-state index contributed by atoms with van der Waals surface area (Å²) in [6.07, 6.45) is 0.360. The summed E-state index contributed by atoms with van der Waals surface area (Å²) in [5.74, 6) is -0.892. The number of carbonyl (C=O) groups is 3. The van der Waals surface area contributed by atoms with Crippen LogP contribution < -0.4 is 10.1 Å². The molecule has 1 fully saturated rings. The number of rotatable bonds is 9. The number of thiophene rings is 1. The van der Waals surface area contributed by atoms with E-state index in [1.165, 1.54) is 18.9 Å². The predicted molar refractivity (Wildman–Crippen MR) is 134 cm³/mol. The van der Waals surface area contributed by atoms with Crippen molar-refractivity contribution < 1.29 is 28.6 Å². The zero-order valence-electron chi connectivity index (χ0n) is 21.1. The first-order valence-corrected chi connectivity index (χ1v) is 12.5. The van der Waals surface area contributed by atoms with Crippen LogP contribution in [0.1, 0.15) is 49.4 Å². The molecule has 3 aromatic rings. The Labute approximate surface area is 218 Å². The molecule has 1 saturated heterocycles. The maximum atomic E-state index is 13.3. The van der Waals surface area contributed by atoms with Gasteiger partial charge in [0, 0.05) is 18.0 Å². The fourth-order valence-corrected chi connectivity index (χ4v) is 5.20. The average Bonchev–Trinajstić information content (AvgIpc) is 3.66. The molecular formula is C25H29N5O6S.